The summed E-state index contributed by atoms with van der Waals surface area (Å²) >= 11 is 0. The summed E-state index contributed by atoms with van der Waals surface area (Å²) in [5, 5.41) is 10.7. The van der Waals surface area contributed by atoms with Crippen molar-refractivity contribution in [1.29, 1.82) is 0 Å². The molecular formula is C14H24N2O3. The molecule has 0 saturated heterocycles. The van der Waals surface area contributed by atoms with E-state index in [4.69, 9.17) is 15.2 Å². The van der Waals surface area contributed by atoms with Gasteiger partial charge in [-0.25, -0.2) is 0 Å². The average Bonchev–Trinajstić information content (AvgIpc) is 2.36. The third-order valence-electron chi connectivity index (χ3n) is 2.80. The van der Waals surface area contributed by atoms with Gasteiger partial charge in [0.1, 0.15) is 11.4 Å². The molecule has 1 aromatic heterocycles. The van der Waals surface area contributed by atoms with Crippen LogP contribution in [0.15, 0.2) is 18.5 Å². The SMILES string of the molecule is COCC(O)(CCCN)c1cncc(OC(C)C)c1. The van der Waals surface area contributed by atoms with Crippen LogP contribution in [-0.4, -0.2) is 36.5 Å². The largest absolute Gasteiger partial charge is 0.489 e. The van der Waals surface area contributed by atoms with Crippen LogP contribution in [0, 0.1) is 0 Å². The zero-order chi connectivity index (χ0) is 14.3. The van der Waals surface area contributed by atoms with Crippen LogP contribution in [0.3, 0.4) is 0 Å². The van der Waals surface area contributed by atoms with E-state index in [0.29, 0.717) is 24.3 Å². The zero-order valence-electron chi connectivity index (χ0n) is 11.9. The molecule has 1 atom stereocenters. The average molecular weight is 268 g/mol. The van der Waals surface area contributed by atoms with Crippen molar-refractivity contribution >= 4 is 0 Å². The Balaban J connectivity index is 2.94. The van der Waals surface area contributed by atoms with Gasteiger partial charge in [-0.15, -0.1) is 0 Å². The van der Waals surface area contributed by atoms with E-state index in [-0.39, 0.29) is 12.7 Å². The number of aliphatic hydroxyl groups is 1. The molecule has 0 amide bonds. The van der Waals surface area contributed by atoms with Crippen molar-refractivity contribution in [2.45, 2.75) is 38.4 Å². The van der Waals surface area contributed by atoms with E-state index < -0.39 is 5.60 Å². The van der Waals surface area contributed by atoms with E-state index >= 15 is 0 Å². The fourth-order valence-electron chi connectivity index (χ4n) is 1.94. The van der Waals surface area contributed by atoms with Crippen LogP contribution in [-0.2, 0) is 10.3 Å². The van der Waals surface area contributed by atoms with Crippen LogP contribution in [0.25, 0.3) is 0 Å². The minimum atomic E-state index is -1.07. The third-order valence-corrected chi connectivity index (χ3v) is 2.80. The van der Waals surface area contributed by atoms with E-state index in [1.807, 2.05) is 19.9 Å². The van der Waals surface area contributed by atoms with Crippen molar-refractivity contribution in [2.24, 2.45) is 5.73 Å². The molecule has 0 saturated carbocycles. The lowest BCUT2D eigenvalue weighted by atomic mass is 9.91. The van der Waals surface area contributed by atoms with Gasteiger partial charge < -0.3 is 20.3 Å². The lowest BCUT2D eigenvalue weighted by Gasteiger charge is -2.28. The lowest BCUT2D eigenvalue weighted by molar-refractivity contribution is -0.0433. The summed E-state index contributed by atoms with van der Waals surface area (Å²) < 4.78 is 10.7. The van der Waals surface area contributed by atoms with Gasteiger partial charge in [-0.05, 0) is 39.3 Å². The van der Waals surface area contributed by atoms with E-state index in [9.17, 15) is 5.11 Å². The van der Waals surface area contributed by atoms with Crippen LogP contribution in [0.2, 0.25) is 0 Å². The Hall–Kier alpha value is -1.17. The second kappa shape index (κ2) is 7.43. The highest BCUT2D eigenvalue weighted by molar-refractivity contribution is 5.28. The molecule has 0 bridgehead atoms. The molecule has 0 spiro atoms. The van der Waals surface area contributed by atoms with Gasteiger partial charge in [0.15, 0.2) is 0 Å². The first-order valence-corrected chi connectivity index (χ1v) is 6.55. The van der Waals surface area contributed by atoms with Gasteiger partial charge in [-0.3, -0.25) is 4.98 Å². The first-order valence-electron chi connectivity index (χ1n) is 6.55. The number of nitrogens with zero attached hydrogens (tertiary/aromatic N) is 1. The van der Waals surface area contributed by atoms with Gasteiger partial charge >= 0.3 is 0 Å². The van der Waals surface area contributed by atoms with Gasteiger partial charge in [0, 0.05) is 18.9 Å². The fourth-order valence-corrected chi connectivity index (χ4v) is 1.94. The van der Waals surface area contributed by atoms with Gasteiger partial charge in [0.2, 0.25) is 0 Å². The number of nitrogens with two attached hydrogens (primary N) is 1. The summed E-state index contributed by atoms with van der Waals surface area (Å²) in [6.07, 6.45) is 4.60. The second-order valence-electron chi connectivity index (χ2n) is 4.93. The molecule has 3 N–H and O–H groups in total. The van der Waals surface area contributed by atoms with Gasteiger partial charge in [-0.1, -0.05) is 0 Å². The quantitative estimate of drug-likeness (QED) is 0.746. The van der Waals surface area contributed by atoms with E-state index in [0.717, 1.165) is 6.42 Å². The van der Waals surface area contributed by atoms with E-state index in [2.05, 4.69) is 4.98 Å². The molecule has 0 aliphatic carbocycles. The van der Waals surface area contributed by atoms with Crippen LogP contribution in [0.5, 0.6) is 5.75 Å². The van der Waals surface area contributed by atoms with Crippen molar-refractivity contribution in [2.75, 3.05) is 20.3 Å². The van der Waals surface area contributed by atoms with Crippen molar-refractivity contribution < 1.29 is 14.6 Å². The van der Waals surface area contributed by atoms with Crippen molar-refractivity contribution in [1.82, 2.24) is 4.98 Å². The van der Waals surface area contributed by atoms with Gasteiger partial charge in [0.25, 0.3) is 0 Å². The Labute approximate surface area is 114 Å². The predicted octanol–water partition coefficient (Wildman–Crippen LogP) is 1.44. The van der Waals surface area contributed by atoms with E-state index in [1.54, 1.807) is 19.5 Å². The molecule has 0 aromatic carbocycles. The summed E-state index contributed by atoms with van der Waals surface area (Å²) in [7, 11) is 1.56. The Kier molecular flexibility index (Phi) is 6.21. The maximum Gasteiger partial charge on any atom is 0.138 e. The molecule has 5 heteroatoms. The molecule has 108 valence electrons. The summed E-state index contributed by atoms with van der Waals surface area (Å²) in [6.45, 7) is 4.63. The van der Waals surface area contributed by atoms with Gasteiger partial charge in [-0.2, -0.15) is 0 Å². The maximum atomic E-state index is 10.7. The maximum absolute atomic E-state index is 10.7. The minimum absolute atomic E-state index is 0.0663. The molecular weight excluding hydrogens is 244 g/mol. The second-order valence-corrected chi connectivity index (χ2v) is 4.93. The molecule has 1 unspecified atom stereocenters. The number of rotatable bonds is 8. The monoisotopic (exact) mass is 268 g/mol. The highest BCUT2D eigenvalue weighted by Crippen LogP contribution is 2.28. The van der Waals surface area contributed by atoms with E-state index in [1.165, 1.54) is 0 Å². The first kappa shape index (κ1) is 15.9. The molecule has 1 heterocycles. The minimum Gasteiger partial charge on any atom is -0.489 e. The van der Waals surface area contributed by atoms with Crippen LogP contribution in [0.4, 0.5) is 0 Å². The van der Waals surface area contributed by atoms with Crippen molar-refractivity contribution in [3.63, 3.8) is 0 Å². The van der Waals surface area contributed by atoms with Crippen LogP contribution < -0.4 is 10.5 Å². The Bertz CT molecular complexity index is 385. The summed E-state index contributed by atoms with van der Waals surface area (Å²) in [5.41, 5.74) is 5.14. The van der Waals surface area contributed by atoms with Crippen molar-refractivity contribution in [3.05, 3.63) is 24.0 Å². The normalized spacial score (nSPS) is 14.4. The molecule has 1 aromatic rings. The molecule has 0 aliphatic rings. The highest BCUT2D eigenvalue weighted by Gasteiger charge is 2.29. The topological polar surface area (TPSA) is 77.6 Å². The molecule has 0 aliphatic heterocycles. The summed E-state index contributed by atoms with van der Waals surface area (Å²) in [4.78, 5) is 4.12. The van der Waals surface area contributed by atoms with Crippen LogP contribution >= 0.6 is 0 Å². The third kappa shape index (κ3) is 4.78. The van der Waals surface area contributed by atoms with Crippen molar-refractivity contribution in [3.8, 4) is 5.75 Å². The first-order chi connectivity index (χ1) is 9.01. The summed E-state index contributed by atoms with van der Waals surface area (Å²) in [6, 6.07) is 1.81. The fraction of sp³-hybridized carbons (Fsp3) is 0.643. The lowest BCUT2D eigenvalue weighted by Crippen LogP contribution is -2.32. The number of aromatic nitrogens is 1. The standard InChI is InChI=1S/C14H24N2O3/c1-11(2)19-13-7-12(8-16-9-13)14(17,10-18-3)5-4-6-15/h7-9,11,17H,4-6,10,15H2,1-3H3. The molecule has 0 fully saturated rings. The smallest absolute Gasteiger partial charge is 0.138 e. The predicted molar refractivity (Wildman–Crippen MR) is 74.1 cm³/mol. The summed E-state index contributed by atoms with van der Waals surface area (Å²) in [5.74, 6) is 0.648. The molecule has 5 nitrogen and oxygen atoms in total. The van der Waals surface area contributed by atoms with Crippen LogP contribution in [0.1, 0.15) is 32.3 Å². The number of pyridine rings is 1. The zero-order valence-corrected chi connectivity index (χ0v) is 11.9. The molecule has 19 heavy (non-hydrogen) atoms. The number of hydrogen-bond acceptors (Lipinski definition) is 5. The highest BCUT2D eigenvalue weighted by atomic mass is 16.5. The Morgan fingerprint density at radius 2 is 2.16 bits per heavy atom. The Morgan fingerprint density at radius 1 is 1.42 bits per heavy atom. The Morgan fingerprint density at radius 3 is 2.74 bits per heavy atom. The number of methoxy groups -OCH3 is 1. The number of hydrogen-bond donors (Lipinski definition) is 2. The van der Waals surface area contributed by atoms with Gasteiger partial charge in [0.05, 0.1) is 18.9 Å². The number of ether oxygens (including phenoxy) is 2. The molecule has 1 rings (SSSR count). The molecule has 0 radical (unpaired) electrons.